The van der Waals surface area contributed by atoms with E-state index in [0.29, 0.717) is 19.5 Å². The molecule has 2 fully saturated rings. The smallest absolute Gasteiger partial charge is 0.225 e. The summed E-state index contributed by atoms with van der Waals surface area (Å²) >= 11 is 0. The SMILES string of the molecule is Cc1nn(Cc2ccccc2)c(C)c1CNC(=O)C1CC(=O)N(C2CCS(=O)(=O)C2)C1. The minimum absolute atomic E-state index is 0.00602. The Morgan fingerprint density at radius 3 is 2.65 bits per heavy atom. The Balaban J connectivity index is 1.36. The Morgan fingerprint density at radius 2 is 1.97 bits per heavy atom. The van der Waals surface area contributed by atoms with Crippen LogP contribution >= 0.6 is 0 Å². The Hall–Kier alpha value is -2.68. The average molecular weight is 445 g/mol. The summed E-state index contributed by atoms with van der Waals surface area (Å²) in [6.45, 7) is 5.23. The number of sulfone groups is 1. The third-order valence-electron chi connectivity index (χ3n) is 6.32. The fourth-order valence-corrected chi connectivity index (χ4v) is 6.23. The molecule has 3 heterocycles. The number of nitrogens with one attached hydrogen (secondary N) is 1. The third-order valence-corrected chi connectivity index (χ3v) is 8.07. The molecule has 2 atom stereocenters. The molecule has 1 aromatic heterocycles. The molecule has 0 spiro atoms. The molecule has 9 heteroatoms. The number of rotatable bonds is 6. The van der Waals surface area contributed by atoms with Gasteiger partial charge in [0.1, 0.15) is 0 Å². The van der Waals surface area contributed by atoms with Gasteiger partial charge in [-0.3, -0.25) is 14.3 Å². The zero-order valence-corrected chi connectivity index (χ0v) is 18.7. The van der Waals surface area contributed by atoms with Gasteiger partial charge >= 0.3 is 0 Å². The summed E-state index contributed by atoms with van der Waals surface area (Å²) in [6.07, 6.45) is 0.592. The number of likely N-dealkylation sites (tertiary alicyclic amines) is 1. The van der Waals surface area contributed by atoms with Gasteiger partial charge in [0.2, 0.25) is 11.8 Å². The molecular formula is C22H28N4O4S. The van der Waals surface area contributed by atoms with Crippen molar-refractivity contribution in [1.82, 2.24) is 20.0 Å². The van der Waals surface area contributed by atoms with Gasteiger partial charge in [-0.2, -0.15) is 5.10 Å². The van der Waals surface area contributed by atoms with E-state index in [0.717, 1.165) is 22.5 Å². The molecule has 0 aliphatic carbocycles. The fourth-order valence-electron chi connectivity index (χ4n) is 4.50. The van der Waals surface area contributed by atoms with Crippen molar-refractivity contribution in [3.05, 3.63) is 52.8 Å². The lowest BCUT2D eigenvalue weighted by molar-refractivity contribution is -0.130. The first-order valence-electron chi connectivity index (χ1n) is 10.6. The van der Waals surface area contributed by atoms with Crippen LogP contribution in [0.15, 0.2) is 30.3 Å². The summed E-state index contributed by atoms with van der Waals surface area (Å²) in [5.41, 5.74) is 4.01. The van der Waals surface area contributed by atoms with E-state index in [9.17, 15) is 18.0 Å². The second kappa shape index (κ2) is 8.45. The molecule has 8 nitrogen and oxygen atoms in total. The summed E-state index contributed by atoms with van der Waals surface area (Å²) in [7, 11) is -3.07. The van der Waals surface area contributed by atoms with Crippen LogP contribution in [0, 0.1) is 19.8 Å². The maximum Gasteiger partial charge on any atom is 0.225 e. The second-order valence-corrected chi connectivity index (χ2v) is 10.7. The number of aryl methyl sites for hydroxylation is 1. The zero-order chi connectivity index (χ0) is 22.2. The van der Waals surface area contributed by atoms with E-state index in [2.05, 4.69) is 22.5 Å². The number of amides is 2. The lowest BCUT2D eigenvalue weighted by Gasteiger charge is -2.22. The predicted molar refractivity (Wildman–Crippen MR) is 116 cm³/mol. The van der Waals surface area contributed by atoms with Crippen LogP contribution < -0.4 is 5.32 Å². The number of nitrogens with zero attached hydrogens (tertiary/aromatic N) is 3. The standard InChI is InChI=1S/C22H28N4O4S/c1-15-20(16(2)26(24-15)12-17-6-4-3-5-7-17)11-23-22(28)18-10-21(27)25(13-18)19-8-9-31(29,30)14-19/h3-7,18-19H,8-14H2,1-2H3,(H,23,28). The van der Waals surface area contributed by atoms with Crippen molar-refractivity contribution in [3.63, 3.8) is 0 Å². The molecule has 1 aromatic carbocycles. The lowest BCUT2D eigenvalue weighted by atomic mass is 10.1. The van der Waals surface area contributed by atoms with Crippen molar-refractivity contribution >= 4 is 21.7 Å². The van der Waals surface area contributed by atoms with Gasteiger partial charge in [-0.15, -0.1) is 0 Å². The molecule has 2 unspecified atom stereocenters. The Labute approximate surface area is 182 Å². The molecule has 0 radical (unpaired) electrons. The van der Waals surface area contributed by atoms with Crippen molar-refractivity contribution in [2.24, 2.45) is 5.92 Å². The minimum Gasteiger partial charge on any atom is -0.352 e. The van der Waals surface area contributed by atoms with Gasteiger partial charge in [-0.05, 0) is 25.8 Å². The summed E-state index contributed by atoms with van der Waals surface area (Å²) in [5, 5.41) is 7.58. The molecule has 2 amide bonds. The molecule has 1 N–H and O–H groups in total. The van der Waals surface area contributed by atoms with Crippen LogP contribution in [-0.2, 0) is 32.5 Å². The molecule has 166 valence electrons. The van der Waals surface area contributed by atoms with E-state index >= 15 is 0 Å². The molecule has 2 aromatic rings. The highest BCUT2D eigenvalue weighted by molar-refractivity contribution is 7.91. The summed E-state index contributed by atoms with van der Waals surface area (Å²) in [6, 6.07) is 9.78. The number of benzene rings is 1. The van der Waals surface area contributed by atoms with E-state index < -0.39 is 15.8 Å². The van der Waals surface area contributed by atoms with Crippen molar-refractivity contribution in [2.75, 3.05) is 18.1 Å². The monoisotopic (exact) mass is 444 g/mol. The quantitative estimate of drug-likeness (QED) is 0.722. The lowest BCUT2D eigenvalue weighted by Crippen LogP contribution is -2.39. The first-order valence-corrected chi connectivity index (χ1v) is 12.4. The molecule has 31 heavy (non-hydrogen) atoms. The van der Waals surface area contributed by atoms with Gasteiger partial charge < -0.3 is 10.2 Å². The molecule has 4 rings (SSSR count). The molecular weight excluding hydrogens is 416 g/mol. The van der Waals surface area contributed by atoms with Crippen LogP contribution in [-0.4, -0.2) is 59.0 Å². The number of carbonyl (C=O) groups excluding carboxylic acids is 2. The Morgan fingerprint density at radius 1 is 1.23 bits per heavy atom. The number of aromatic nitrogens is 2. The summed E-state index contributed by atoms with van der Waals surface area (Å²) in [4.78, 5) is 26.7. The molecule has 2 aliphatic heterocycles. The summed E-state index contributed by atoms with van der Waals surface area (Å²) in [5.74, 6) is -0.636. The average Bonchev–Trinajstić information content (AvgIpc) is 3.37. The van der Waals surface area contributed by atoms with Gasteiger partial charge in [0.25, 0.3) is 0 Å². The van der Waals surface area contributed by atoms with Gasteiger partial charge in [-0.25, -0.2) is 8.42 Å². The number of hydrogen-bond acceptors (Lipinski definition) is 5. The maximum atomic E-state index is 12.7. The highest BCUT2D eigenvalue weighted by atomic mass is 32.2. The minimum atomic E-state index is -3.07. The van der Waals surface area contributed by atoms with Gasteiger partial charge in [0, 0.05) is 36.8 Å². The normalized spacial score (nSPS) is 22.8. The van der Waals surface area contributed by atoms with Crippen LogP contribution in [0.4, 0.5) is 0 Å². The van der Waals surface area contributed by atoms with Crippen molar-refractivity contribution in [2.45, 2.75) is 45.8 Å². The second-order valence-electron chi connectivity index (χ2n) is 8.51. The first-order chi connectivity index (χ1) is 14.7. The van der Waals surface area contributed by atoms with Crippen LogP contribution in [0.25, 0.3) is 0 Å². The molecule has 2 saturated heterocycles. The van der Waals surface area contributed by atoms with Gasteiger partial charge in [0.05, 0.1) is 29.7 Å². The Bertz CT molecular complexity index is 1090. The Kier molecular flexibility index (Phi) is 5.88. The highest BCUT2D eigenvalue weighted by Crippen LogP contribution is 2.26. The third kappa shape index (κ3) is 4.66. The van der Waals surface area contributed by atoms with Crippen molar-refractivity contribution in [3.8, 4) is 0 Å². The van der Waals surface area contributed by atoms with E-state index in [1.807, 2.05) is 36.7 Å². The number of carbonyl (C=O) groups is 2. The van der Waals surface area contributed by atoms with Gasteiger partial charge in [-0.1, -0.05) is 30.3 Å². The fraction of sp³-hybridized carbons (Fsp3) is 0.500. The van der Waals surface area contributed by atoms with E-state index in [1.165, 1.54) is 0 Å². The highest BCUT2D eigenvalue weighted by Gasteiger charge is 2.41. The maximum absolute atomic E-state index is 12.7. The molecule has 2 aliphatic rings. The van der Waals surface area contributed by atoms with Crippen LogP contribution in [0.5, 0.6) is 0 Å². The van der Waals surface area contributed by atoms with Crippen LogP contribution in [0.2, 0.25) is 0 Å². The van der Waals surface area contributed by atoms with Gasteiger partial charge in [0.15, 0.2) is 9.84 Å². The van der Waals surface area contributed by atoms with Crippen molar-refractivity contribution in [1.29, 1.82) is 0 Å². The molecule has 0 bridgehead atoms. The zero-order valence-electron chi connectivity index (χ0n) is 17.9. The van der Waals surface area contributed by atoms with Crippen LogP contribution in [0.1, 0.15) is 35.4 Å². The van der Waals surface area contributed by atoms with E-state index in [-0.39, 0.29) is 42.3 Å². The topological polar surface area (TPSA) is 101 Å². The molecule has 0 saturated carbocycles. The van der Waals surface area contributed by atoms with Crippen LogP contribution in [0.3, 0.4) is 0 Å². The predicted octanol–water partition coefficient (Wildman–Crippen LogP) is 1.20. The number of hydrogen-bond donors (Lipinski definition) is 1. The first kappa shape index (κ1) is 21.5. The van der Waals surface area contributed by atoms with E-state index in [1.54, 1.807) is 4.90 Å². The largest absolute Gasteiger partial charge is 0.352 e. The van der Waals surface area contributed by atoms with Crippen molar-refractivity contribution < 1.29 is 18.0 Å². The summed E-state index contributed by atoms with van der Waals surface area (Å²) < 4.78 is 25.4. The van der Waals surface area contributed by atoms with E-state index in [4.69, 9.17) is 0 Å².